The summed E-state index contributed by atoms with van der Waals surface area (Å²) in [5, 5.41) is 15.2. The highest BCUT2D eigenvalue weighted by atomic mass is 16.3. The van der Waals surface area contributed by atoms with Gasteiger partial charge < -0.3 is 10.4 Å². The van der Waals surface area contributed by atoms with Gasteiger partial charge in [0.2, 0.25) is 11.8 Å². The number of carbonyl (C=O) groups is 2. The van der Waals surface area contributed by atoms with Crippen molar-refractivity contribution < 1.29 is 14.7 Å². The van der Waals surface area contributed by atoms with E-state index in [0.29, 0.717) is 18.9 Å². The fourth-order valence-electron chi connectivity index (χ4n) is 2.01. The molecular weight excluding hydrogens is 208 g/mol. The van der Waals surface area contributed by atoms with Crippen LogP contribution in [-0.2, 0) is 9.59 Å². The highest BCUT2D eigenvalue weighted by molar-refractivity contribution is 6.05. The van der Waals surface area contributed by atoms with Crippen molar-refractivity contribution in [2.24, 2.45) is 5.92 Å². The molecule has 1 heterocycles. The number of carbonyl (C=O) groups excluding carboxylic acids is 2. The minimum atomic E-state index is -0.847. The molecule has 0 aromatic heterocycles. The van der Waals surface area contributed by atoms with Gasteiger partial charge >= 0.3 is 0 Å². The molecule has 1 aliphatic heterocycles. The van der Waals surface area contributed by atoms with Crippen LogP contribution in [-0.4, -0.2) is 35.1 Å². The topological polar surface area (TPSA) is 78.4 Å². The molecule has 1 fully saturated rings. The van der Waals surface area contributed by atoms with Gasteiger partial charge in [-0.2, -0.15) is 0 Å². The van der Waals surface area contributed by atoms with Gasteiger partial charge in [0.05, 0.1) is 18.1 Å². The number of amides is 2. The molecule has 0 aliphatic carbocycles. The zero-order valence-corrected chi connectivity index (χ0v) is 10.0. The molecule has 0 spiro atoms. The molecule has 0 aromatic carbocycles. The van der Waals surface area contributed by atoms with Crippen LogP contribution in [0.2, 0.25) is 0 Å². The molecule has 16 heavy (non-hydrogen) atoms. The van der Waals surface area contributed by atoms with Crippen molar-refractivity contribution in [2.75, 3.05) is 6.54 Å². The standard InChI is InChI=1S/C11H20N2O3/c1-7(2)5-11(3,16)6-12-8-4-9(14)13-10(8)15/h7-8,12,16H,4-6H2,1-3H3,(H,13,14,15). The predicted molar refractivity (Wildman–Crippen MR) is 59.6 cm³/mol. The lowest BCUT2D eigenvalue weighted by Crippen LogP contribution is -2.45. The molecular formula is C11H20N2O3. The Hall–Kier alpha value is -0.940. The van der Waals surface area contributed by atoms with Gasteiger partial charge in [-0.25, -0.2) is 0 Å². The lowest BCUT2D eigenvalue weighted by Gasteiger charge is -2.26. The summed E-state index contributed by atoms with van der Waals surface area (Å²) in [6, 6.07) is -0.494. The van der Waals surface area contributed by atoms with Gasteiger partial charge in [-0.15, -0.1) is 0 Å². The van der Waals surface area contributed by atoms with Crippen molar-refractivity contribution >= 4 is 11.8 Å². The molecule has 0 bridgehead atoms. The third-order valence-corrected chi connectivity index (χ3v) is 2.55. The first kappa shape index (κ1) is 13.1. The van der Waals surface area contributed by atoms with Crippen molar-refractivity contribution in [1.29, 1.82) is 0 Å². The van der Waals surface area contributed by atoms with Gasteiger partial charge in [0.15, 0.2) is 0 Å². The van der Waals surface area contributed by atoms with Crippen LogP contribution in [0, 0.1) is 5.92 Å². The Morgan fingerprint density at radius 1 is 1.56 bits per heavy atom. The van der Waals surface area contributed by atoms with E-state index in [1.165, 1.54) is 0 Å². The molecule has 1 aliphatic rings. The van der Waals surface area contributed by atoms with Gasteiger partial charge in [0.1, 0.15) is 0 Å². The zero-order chi connectivity index (χ0) is 12.3. The Labute approximate surface area is 95.6 Å². The predicted octanol–water partition coefficient (Wildman–Crippen LogP) is -0.212. The van der Waals surface area contributed by atoms with Crippen LogP contribution in [0.3, 0.4) is 0 Å². The Kier molecular flexibility index (Phi) is 4.04. The van der Waals surface area contributed by atoms with E-state index in [0.717, 1.165) is 0 Å². The smallest absolute Gasteiger partial charge is 0.244 e. The maximum Gasteiger partial charge on any atom is 0.244 e. The van der Waals surface area contributed by atoms with Gasteiger partial charge in [0.25, 0.3) is 0 Å². The first-order chi connectivity index (χ1) is 7.30. The summed E-state index contributed by atoms with van der Waals surface area (Å²) in [5.41, 5.74) is -0.847. The Morgan fingerprint density at radius 2 is 2.19 bits per heavy atom. The third-order valence-electron chi connectivity index (χ3n) is 2.55. The summed E-state index contributed by atoms with van der Waals surface area (Å²) in [7, 11) is 0. The minimum Gasteiger partial charge on any atom is -0.389 e. The average molecular weight is 228 g/mol. The van der Waals surface area contributed by atoms with Gasteiger partial charge in [-0.05, 0) is 19.3 Å². The van der Waals surface area contributed by atoms with E-state index in [1.54, 1.807) is 6.92 Å². The van der Waals surface area contributed by atoms with E-state index in [-0.39, 0.29) is 18.2 Å². The van der Waals surface area contributed by atoms with E-state index in [4.69, 9.17) is 0 Å². The average Bonchev–Trinajstić information content (AvgIpc) is 2.39. The summed E-state index contributed by atoms with van der Waals surface area (Å²) >= 11 is 0. The molecule has 0 radical (unpaired) electrons. The van der Waals surface area contributed by atoms with Crippen LogP contribution in [0.4, 0.5) is 0 Å². The molecule has 0 aromatic rings. The molecule has 2 unspecified atom stereocenters. The van der Waals surface area contributed by atoms with Crippen LogP contribution < -0.4 is 10.6 Å². The second kappa shape index (κ2) is 4.93. The monoisotopic (exact) mass is 228 g/mol. The molecule has 2 amide bonds. The van der Waals surface area contributed by atoms with Gasteiger partial charge in [-0.3, -0.25) is 14.9 Å². The second-order valence-corrected chi connectivity index (χ2v) is 5.14. The SMILES string of the molecule is CC(C)CC(C)(O)CNC1CC(=O)NC1=O. The minimum absolute atomic E-state index is 0.163. The summed E-state index contributed by atoms with van der Waals surface area (Å²) < 4.78 is 0. The van der Waals surface area contributed by atoms with Crippen LogP contribution in [0.5, 0.6) is 0 Å². The molecule has 3 N–H and O–H groups in total. The normalized spacial score (nSPS) is 24.7. The summed E-state index contributed by atoms with van der Waals surface area (Å²) in [4.78, 5) is 22.2. The Morgan fingerprint density at radius 3 is 2.62 bits per heavy atom. The second-order valence-electron chi connectivity index (χ2n) is 5.14. The van der Waals surface area contributed by atoms with Crippen molar-refractivity contribution in [3.8, 4) is 0 Å². The third kappa shape index (κ3) is 3.90. The van der Waals surface area contributed by atoms with Crippen LogP contribution in [0.25, 0.3) is 0 Å². The zero-order valence-electron chi connectivity index (χ0n) is 10.0. The van der Waals surface area contributed by atoms with Crippen LogP contribution in [0.1, 0.15) is 33.6 Å². The van der Waals surface area contributed by atoms with Crippen molar-refractivity contribution in [2.45, 2.75) is 45.3 Å². The number of hydrogen-bond acceptors (Lipinski definition) is 4. The van der Waals surface area contributed by atoms with Crippen LogP contribution >= 0.6 is 0 Å². The van der Waals surface area contributed by atoms with E-state index in [2.05, 4.69) is 10.6 Å². The van der Waals surface area contributed by atoms with Crippen LogP contribution in [0.15, 0.2) is 0 Å². The van der Waals surface area contributed by atoms with Crippen molar-refractivity contribution in [3.05, 3.63) is 0 Å². The Balaban J connectivity index is 2.39. The summed E-state index contributed by atoms with van der Waals surface area (Å²) in [5.74, 6) is -0.174. The number of imide groups is 1. The molecule has 1 rings (SSSR count). The largest absolute Gasteiger partial charge is 0.389 e. The molecule has 1 saturated heterocycles. The Bertz CT molecular complexity index is 287. The first-order valence-corrected chi connectivity index (χ1v) is 5.59. The highest BCUT2D eigenvalue weighted by Crippen LogP contribution is 2.15. The number of aliphatic hydroxyl groups is 1. The van der Waals surface area contributed by atoms with Crippen molar-refractivity contribution in [3.63, 3.8) is 0 Å². The van der Waals surface area contributed by atoms with E-state index in [9.17, 15) is 14.7 Å². The molecule has 0 saturated carbocycles. The fourth-order valence-corrected chi connectivity index (χ4v) is 2.01. The molecule has 92 valence electrons. The quantitative estimate of drug-likeness (QED) is 0.569. The fraction of sp³-hybridized carbons (Fsp3) is 0.818. The molecule has 5 nitrogen and oxygen atoms in total. The maximum atomic E-state index is 11.2. The number of nitrogens with one attached hydrogen (secondary N) is 2. The lowest BCUT2D eigenvalue weighted by molar-refractivity contribution is -0.125. The van der Waals surface area contributed by atoms with Gasteiger partial charge in [-0.1, -0.05) is 13.8 Å². The van der Waals surface area contributed by atoms with E-state index >= 15 is 0 Å². The van der Waals surface area contributed by atoms with E-state index in [1.807, 2.05) is 13.8 Å². The van der Waals surface area contributed by atoms with Gasteiger partial charge in [0, 0.05) is 6.54 Å². The first-order valence-electron chi connectivity index (χ1n) is 5.59. The number of rotatable bonds is 5. The number of hydrogen-bond donors (Lipinski definition) is 3. The molecule has 2 atom stereocenters. The highest BCUT2D eigenvalue weighted by Gasteiger charge is 2.32. The van der Waals surface area contributed by atoms with E-state index < -0.39 is 11.6 Å². The maximum absolute atomic E-state index is 11.2. The van der Waals surface area contributed by atoms with Crippen molar-refractivity contribution in [1.82, 2.24) is 10.6 Å². The summed E-state index contributed by atoms with van der Waals surface area (Å²) in [6.07, 6.45) is 0.818. The lowest BCUT2D eigenvalue weighted by atomic mass is 9.94. The molecule has 5 heteroatoms. The summed E-state index contributed by atoms with van der Waals surface area (Å²) in [6.45, 7) is 6.10.